The number of halogens is 1. The van der Waals surface area contributed by atoms with E-state index in [1.165, 1.54) is 12.1 Å². The highest BCUT2D eigenvalue weighted by Gasteiger charge is 2.09. The summed E-state index contributed by atoms with van der Waals surface area (Å²) in [5.74, 6) is 5.76. The first-order valence-corrected chi connectivity index (χ1v) is 7.82. The number of benzene rings is 1. The van der Waals surface area contributed by atoms with Crippen LogP contribution in [0.4, 0.5) is 4.39 Å². The van der Waals surface area contributed by atoms with E-state index in [-0.39, 0.29) is 11.3 Å². The van der Waals surface area contributed by atoms with E-state index in [4.69, 9.17) is 10.1 Å². The molecule has 1 aromatic carbocycles. The van der Waals surface area contributed by atoms with Crippen LogP contribution >= 0.6 is 0 Å². The molecule has 0 saturated heterocycles. The van der Waals surface area contributed by atoms with Crippen LogP contribution in [0.5, 0.6) is 5.75 Å². The van der Waals surface area contributed by atoms with Crippen molar-refractivity contribution < 1.29 is 9.23 Å². The summed E-state index contributed by atoms with van der Waals surface area (Å²) in [5, 5.41) is 12.8. The van der Waals surface area contributed by atoms with E-state index in [1.54, 1.807) is 12.3 Å². The summed E-state index contributed by atoms with van der Waals surface area (Å²) in [4.78, 5) is 9.44. The van der Waals surface area contributed by atoms with Gasteiger partial charge in [-0.1, -0.05) is 17.1 Å². The SMILES string of the molecule is N#Cc1ccc(O/N=C2/C=C(C#Cc3ccccn3)CCC2)cc1F. The van der Waals surface area contributed by atoms with Gasteiger partial charge in [0, 0.05) is 17.8 Å². The zero-order chi connectivity index (χ0) is 17.5. The van der Waals surface area contributed by atoms with Crippen LogP contribution in [0.15, 0.2) is 59.4 Å². The lowest BCUT2D eigenvalue weighted by Crippen LogP contribution is -2.04. The lowest BCUT2D eigenvalue weighted by Gasteiger charge is -2.09. The molecule has 1 aliphatic carbocycles. The molecule has 0 bridgehead atoms. The highest BCUT2D eigenvalue weighted by Crippen LogP contribution is 2.19. The number of aromatic nitrogens is 1. The fourth-order valence-electron chi connectivity index (χ4n) is 2.31. The fraction of sp³-hybridized carbons (Fsp3) is 0.150. The standard InChI is InChI=1S/C20H14FN3O/c21-20-13-19(10-8-16(20)14-22)25-24-18-6-3-4-15(12-18)7-9-17-5-1-2-11-23-17/h1-2,5,8,10-13H,3-4,6H2/b24-18+. The smallest absolute Gasteiger partial charge is 0.160 e. The molecule has 4 nitrogen and oxygen atoms in total. The predicted octanol–water partition coefficient (Wildman–Crippen LogP) is 3.99. The van der Waals surface area contributed by atoms with Gasteiger partial charge < -0.3 is 4.84 Å². The average molecular weight is 331 g/mol. The Bertz CT molecular complexity index is 931. The van der Waals surface area contributed by atoms with E-state index in [9.17, 15) is 4.39 Å². The van der Waals surface area contributed by atoms with E-state index in [0.717, 1.165) is 42.3 Å². The van der Waals surface area contributed by atoms with E-state index in [0.29, 0.717) is 0 Å². The second-order valence-corrected chi connectivity index (χ2v) is 5.42. The van der Waals surface area contributed by atoms with Gasteiger partial charge >= 0.3 is 0 Å². The van der Waals surface area contributed by atoms with Gasteiger partial charge in [-0.15, -0.1) is 0 Å². The maximum absolute atomic E-state index is 13.6. The summed E-state index contributed by atoms with van der Waals surface area (Å²) in [6, 6.07) is 11.4. The Morgan fingerprint density at radius 3 is 2.84 bits per heavy atom. The molecule has 0 unspecified atom stereocenters. The summed E-state index contributed by atoms with van der Waals surface area (Å²) in [5.41, 5.74) is 2.41. The van der Waals surface area contributed by atoms with Crippen LogP contribution in [-0.4, -0.2) is 10.7 Å². The van der Waals surface area contributed by atoms with Crippen LogP contribution in [0.1, 0.15) is 30.5 Å². The summed E-state index contributed by atoms with van der Waals surface area (Å²) < 4.78 is 13.6. The summed E-state index contributed by atoms with van der Waals surface area (Å²) in [6.07, 6.45) is 6.17. The number of allylic oxidation sites excluding steroid dienone is 2. The van der Waals surface area contributed by atoms with Crippen LogP contribution in [0.3, 0.4) is 0 Å². The second-order valence-electron chi connectivity index (χ2n) is 5.42. The fourth-order valence-corrected chi connectivity index (χ4v) is 2.31. The largest absolute Gasteiger partial charge is 0.357 e. The number of hydrogen-bond donors (Lipinski definition) is 0. The molecule has 0 atom stereocenters. The third kappa shape index (κ3) is 4.53. The van der Waals surface area contributed by atoms with Crippen LogP contribution in [-0.2, 0) is 0 Å². The van der Waals surface area contributed by atoms with E-state index < -0.39 is 5.82 Å². The Labute approximate surface area is 145 Å². The Hall–Kier alpha value is -3.44. The summed E-state index contributed by atoms with van der Waals surface area (Å²) in [7, 11) is 0. The van der Waals surface area contributed by atoms with Gasteiger partial charge in [0.05, 0.1) is 11.3 Å². The van der Waals surface area contributed by atoms with Gasteiger partial charge in [-0.2, -0.15) is 5.26 Å². The Kier molecular flexibility index (Phi) is 5.19. The first-order valence-electron chi connectivity index (χ1n) is 7.82. The molecule has 0 N–H and O–H groups in total. The van der Waals surface area contributed by atoms with Crippen molar-refractivity contribution in [3.63, 3.8) is 0 Å². The zero-order valence-electron chi connectivity index (χ0n) is 13.4. The molecule has 0 fully saturated rings. The van der Waals surface area contributed by atoms with Crippen molar-refractivity contribution in [1.82, 2.24) is 4.98 Å². The van der Waals surface area contributed by atoms with Crippen molar-refractivity contribution in [3.05, 3.63) is 71.3 Å². The van der Waals surface area contributed by atoms with E-state index in [1.807, 2.05) is 24.3 Å². The Balaban J connectivity index is 1.72. The maximum Gasteiger partial charge on any atom is 0.160 e. The Morgan fingerprint density at radius 2 is 2.08 bits per heavy atom. The molecule has 1 heterocycles. The van der Waals surface area contributed by atoms with Crippen molar-refractivity contribution in [3.8, 4) is 23.7 Å². The quantitative estimate of drug-likeness (QED) is 0.617. The van der Waals surface area contributed by atoms with Crippen LogP contribution in [0.25, 0.3) is 0 Å². The molecule has 0 radical (unpaired) electrons. The van der Waals surface area contributed by atoms with Crippen molar-refractivity contribution in [1.29, 1.82) is 5.26 Å². The average Bonchev–Trinajstić information content (AvgIpc) is 2.66. The highest BCUT2D eigenvalue weighted by atomic mass is 19.1. The third-order valence-corrected chi connectivity index (χ3v) is 3.57. The lowest BCUT2D eigenvalue weighted by molar-refractivity contribution is 0.338. The number of oxime groups is 1. The van der Waals surface area contributed by atoms with Crippen LogP contribution < -0.4 is 4.84 Å². The molecule has 122 valence electrons. The number of hydrogen-bond acceptors (Lipinski definition) is 4. The van der Waals surface area contributed by atoms with Gasteiger partial charge in [-0.05, 0) is 55.5 Å². The van der Waals surface area contributed by atoms with Crippen LogP contribution in [0.2, 0.25) is 0 Å². The predicted molar refractivity (Wildman–Crippen MR) is 92.2 cm³/mol. The molecular weight excluding hydrogens is 317 g/mol. The number of rotatable bonds is 2. The molecule has 0 saturated carbocycles. The zero-order valence-corrected chi connectivity index (χ0v) is 13.4. The molecule has 0 spiro atoms. The molecule has 1 aliphatic rings. The number of nitrogens with zero attached hydrogens (tertiary/aromatic N) is 3. The van der Waals surface area contributed by atoms with Gasteiger partial charge in [0.2, 0.25) is 0 Å². The monoisotopic (exact) mass is 331 g/mol. The number of pyridine rings is 1. The normalized spacial score (nSPS) is 14.9. The second kappa shape index (κ2) is 7.90. The van der Waals surface area contributed by atoms with E-state index in [2.05, 4.69) is 22.0 Å². The maximum atomic E-state index is 13.6. The highest BCUT2D eigenvalue weighted by molar-refractivity contribution is 5.96. The van der Waals surface area contributed by atoms with Gasteiger partial charge in [0.15, 0.2) is 5.75 Å². The molecular formula is C20H14FN3O. The van der Waals surface area contributed by atoms with Crippen molar-refractivity contribution in [2.75, 3.05) is 0 Å². The minimum absolute atomic E-state index is 0.0235. The minimum atomic E-state index is -0.624. The van der Waals surface area contributed by atoms with Crippen molar-refractivity contribution in [2.24, 2.45) is 5.16 Å². The first kappa shape index (κ1) is 16.4. The third-order valence-electron chi connectivity index (χ3n) is 3.57. The molecule has 0 amide bonds. The summed E-state index contributed by atoms with van der Waals surface area (Å²) >= 11 is 0. The van der Waals surface area contributed by atoms with Crippen molar-refractivity contribution in [2.45, 2.75) is 19.3 Å². The molecule has 25 heavy (non-hydrogen) atoms. The molecule has 5 heteroatoms. The van der Waals surface area contributed by atoms with Crippen molar-refractivity contribution >= 4 is 5.71 Å². The minimum Gasteiger partial charge on any atom is -0.357 e. The van der Waals surface area contributed by atoms with Crippen LogP contribution in [0, 0.1) is 29.0 Å². The molecule has 0 aliphatic heterocycles. The molecule has 2 aromatic rings. The molecule has 3 rings (SSSR count). The van der Waals surface area contributed by atoms with Gasteiger partial charge in [-0.3, -0.25) is 0 Å². The summed E-state index contributed by atoms with van der Waals surface area (Å²) in [6.45, 7) is 0. The van der Waals surface area contributed by atoms with Gasteiger partial charge in [0.25, 0.3) is 0 Å². The van der Waals surface area contributed by atoms with E-state index >= 15 is 0 Å². The molecule has 1 aromatic heterocycles. The van der Waals surface area contributed by atoms with Gasteiger partial charge in [0.1, 0.15) is 17.6 Å². The first-order chi connectivity index (χ1) is 12.2. The Morgan fingerprint density at radius 1 is 1.16 bits per heavy atom. The number of nitriles is 1. The topological polar surface area (TPSA) is 58.3 Å². The van der Waals surface area contributed by atoms with Gasteiger partial charge in [-0.25, -0.2) is 9.37 Å². The lowest BCUT2D eigenvalue weighted by atomic mass is 9.98.